The average Bonchev–Trinajstić information content (AvgIpc) is 2.96. The van der Waals surface area contributed by atoms with Crippen LogP contribution < -0.4 is 10.1 Å². The van der Waals surface area contributed by atoms with Gasteiger partial charge in [-0.05, 0) is 39.7 Å². The van der Waals surface area contributed by atoms with E-state index in [-0.39, 0.29) is 11.1 Å². The van der Waals surface area contributed by atoms with Gasteiger partial charge in [0.2, 0.25) is 5.88 Å². The Balaban J connectivity index is 2.23. The molecule has 0 aliphatic heterocycles. The number of nitrogens with zero attached hydrogens (tertiary/aromatic N) is 1. The molecule has 0 atom stereocenters. The highest BCUT2D eigenvalue weighted by molar-refractivity contribution is 5.27. The van der Waals surface area contributed by atoms with Gasteiger partial charge in [0.1, 0.15) is 0 Å². The third-order valence-corrected chi connectivity index (χ3v) is 2.79. The number of methoxy groups -OCH3 is 1. The molecule has 2 rings (SSSR count). The smallest absolute Gasteiger partial charge is 0.213 e. The van der Waals surface area contributed by atoms with Crippen molar-refractivity contribution in [2.45, 2.75) is 44.7 Å². The minimum atomic E-state index is 0.0762. The first-order chi connectivity index (χ1) is 7.45. The number of aromatic nitrogens is 1. The van der Waals surface area contributed by atoms with Gasteiger partial charge >= 0.3 is 0 Å². The lowest BCUT2D eigenvalue weighted by Crippen LogP contribution is -2.44. The number of nitrogens with one attached hydrogen (secondary N) is 1. The minimum absolute atomic E-state index is 0.0762. The van der Waals surface area contributed by atoms with Crippen molar-refractivity contribution in [3.8, 4) is 5.88 Å². The topological polar surface area (TPSA) is 34.1 Å². The van der Waals surface area contributed by atoms with Crippen LogP contribution in [0, 0.1) is 0 Å². The molecule has 0 unspecified atom stereocenters. The summed E-state index contributed by atoms with van der Waals surface area (Å²) < 4.78 is 5.17. The van der Waals surface area contributed by atoms with E-state index >= 15 is 0 Å². The Kier molecular flexibility index (Phi) is 2.66. The predicted molar refractivity (Wildman–Crippen MR) is 64.6 cm³/mol. The molecule has 1 heterocycles. The molecule has 3 nitrogen and oxygen atoms in total. The van der Waals surface area contributed by atoms with E-state index in [2.05, 4.69) is 37.1 Å². The lowest BCUT2D eigenvalue weighted by atomic mass is 10.0. The molecule has 1 fully saturated rings. The molecule has 88 valence electrons. The first-order valence-corrected chi connectivity index (χ1v) is 5.76. The van der Waals surface area contributed by atoms with Gasteiger partial charge in [-0.2, -0.15) is 0 Å². The highest BCUT2D eigenvalue weighted by Gasteiger charge is 2.47. The number of hydrogen-bond acceptors (Lipinski definition) is 3. The molecule has 3 heteroatoms. The van der Waals surface area contributed by atoms with E-state index in [0.29, 0.717) is 5.88 Å². The molecule has 16 heavy (non-hydrogen) atoms. The van der Waals surface area contributed by atoms with E-state index in [1.54, 1.807) is 7.11 Å². The Hall–Kier alpha value is -1.09. The molecule has 1 aromatic heterocycles. The first-order valence-electron chi connectivity index (χ1n) is 5.76. The predicted octanol–water partition coefficient (Wildman–Crippen LogP) is 2.47. The largest absolute Gasteiger partial charge is 0.481 e. The summed E-state index contributed by atoms with van der Waals surface area (Å²) >= 11 is 0. The van der Waals surface area contributed by atoms with Crippen LogP contribution in [-0.4, -0.2) is 17.6 Å². The summed E-state index contributed by atoms with van der Waals surface area (Å²) in [4.78, 5) is 4.52. The van der Waals surface area contributed by atoms with Gasteiger partial charge in [0, 0.05) is 11.6 Å². The first kappa shape index (κ1) is 11.4. The van der Waals surface area contributed by atoms with Crippen molar-refractivity contribution in [2.24, 2.45) is 0 Å². The summed E-state index contributed by atoms with van der Waals surface area (Å²) in [7, 11) is 1.66. The molecule has 0 aromatic carbocycles. The Labute approximate surface area is 97.2 Å². The third-order valence-electron chi connectivity index (χ3n) is 2.79. The van der Waals surface area contributed by atoms with Crippen LogP contribution in [0.4, 0.5) is 0 Å². The number of pyridine rings is 1. The van der Waals surface area contributed by atoms with Gasteiger partial charge in [0.15, 0.2) is 0 Å². The summed E-state index contributed by atoms with van der Waals surface area (Å²) in [5, 5.41) is 3.66. The van der Waals surface area contributed by atoms with Gasteiger partial charge in [-0.25, -0.2) is 4.98 Å². The Morgan fingerprint density at radius 3 is 2.50 bits per heavy atom. The van der Waals surface area contributed by atoms with E-state index in [9.17, 15) is 0 Å². The van der Waals surface area contributed by atoms with Crippen LogP contribution in [0.5, 0.6) is 5.88 Å². The van der Waals surface area contributed by atoms with Crippen LogP contribution in [0.2, 0.25) is 0 Å². The number of hydrogen-bond donors (Lipinski definition) is 1. The van der Waals surface area contributed by atoms with E-state index in [1.165, 1.54) is 0 Å². The Morgan fingerprint density at radius 1 is 1.31 bits per heavy atom. The molecule has 1 aliphatic rings. The van der Waals surface area contributed by atoms with Crippen LogP contribution >= 0.6 is 0 Å². The molecule has 0 spiro atoms. The van der Waals surface area contributed by atoms with Crippen LogP contribution in [-0.2, 0) is 5.54 Å². The summed E-state index contributed by atoms with van der Waals surface area (Å²) in [6, 6.07) is 5.97. The second-order valence-electron chi connectivity index (χ2n) is 5.52. The van der Waals surface area contributed by atoms with Crippen LogP contribution in [0.1, 0.15) is 39.3 Å². The van der Waals surface area contributed by atoms with Gasteiger partial charge in [-0.1, -0.05) is 6.07 Å². The third kappa shape index (κ3) is 2.35. The van der Waals surface area contributed by atoms with Gasteiger partial charge in [-0.15, -0.1) is 0 Å². The normalized spacial score (nSPS) is 18.2. The number of ether oxygens (including phenoxy) is 1. The van der Waals surface area contributed by atoms with E-state index in [0.717, 1.165) is 18.5 Å². The number of rotatable bonds is 3. The quantitative estimate of drug-likeness (QED) is 0.849. The van der Waals surface area contributed by atoms with E-state index < -0.39 is 0 Å². The average molecular weight is 220 g/mol. The highest BCUT2D eigenvalue weighted by Crippen LogP contribution is 2.46. The van der Waals surface area contributed by atoms with E-state index in [4.69, 9.17) is 4.74 Å². The van der Waals surface area contributed by atoms with Crippen molar-refractivity contribution < 1.29 is 4.74 Å². The van der Waals surface area contributed by atoms with Gasteiger partial charge in [-0.3, -0.25) is 0 Å². The maximum Gasteiger partial charge on any atom is 0.213 e. The lowest BCUT2D eigenvalue weighted by Gasteiger charge is -2.28. The maximum atomic E-state index is 5.17. The summed E-state index contributed by atoms with van der Waals surface area (Å²) in [6.07, 6.45) is 2.31. The molecule has 0 amide bonds. The molecular weight excluding hydrogens is 200 g/mol. The van der Waals surface area contributed by atoms with Crippen LogP contribution in [0.3, 0.4) is 0 Å². The zero-order valence-corrected chi connectivity index (χ0v) is 10.5. The van der Waals surface area contributed by atoms with Crippen molar-refractivity contribution in [3.05, 3.63) is 23.9 Å². The molecular formula is C13H20N2O. The zero-order chi connectivity index (χ0) is 11.8. The standard InChI is InChI=1S/C13H20N2O/c1-12(2,3)15-13(8-9-13)10-6-5-7-11(14-10)16-4/h5-7,15H,8-9H2,1-4H3. The lowest BCUT2D eigenvalue weighted by molar-refractivity contribution is 0.338. The Morgan fingerprint density at radius 2 is 2.00 bits per heavy atom. The van der Waals surface area contributed by atoms with Crippen molar-refractivity contribution in [2.75, 3.05) is 7.11 Å². The van der Waals surface area contributed by atoms with Crippen LogP contribution in [0.25, 0.3) is 0 Å². The monoisotopic (exact) mass is 220 g/mol. The second-order valence-corrected chi connectivity index (χ2v) is 5.52. The molecule has 0 bridgehead atoms. The molecule has 0 radical (unpaired) electrons. The fourth-order valence-corrected chi connectivity index (χ4v) is 2.08. The fraction of sp³-hybridized carbons (Fsp3) is 0.615. The molecule has 1 saturated carbocycles. The van der Waals surface area contributed by atoms with Crippen molar-refractivity contribution >= 4 is 0 Å². The van der Waals surface area contributed by atoms with Gasteiger partial charge < -0.3 is 10.1 Å². The summed E-state index contributed by atoms with van der Waals surface area (Å²) in [5.74, 6) is 0.694. The highest BCUT2D eigenvalue weighted by atomic mass is 16.5. The molecule has 0 saturated heterocycles. The zero-order valence-electron chi connectivity index (χ0n) is 10.5. The van der Waals surface area contributed by atoms with Crippen LogP contribution in [0.15, 0.2) is 18.2 Å². The maximum absolute atomic E-state index is 5.17. The van der Waals surface area contributed by atoms with E-state index in [1.807, 2.05) is 12.1 Å². The molecule has 1 N–H and O–H groups in total. The summed E-state index contributed by atoms with van der Waals surface area (Å²) in [5.41, 5.74) is 1.29. The van der Waals surface area contributed by atoms with Gasteiger partial charge in [0.25, 0.3) is 0 Å². The SMILES string of the molecule is COc1cccc(C2(NC(C)(C)C)CC2)n1. The van der Waals surface area contributed by atoms with Crippen molar-refractivity contribution in [1.29, 1.82) is 0 Å². The molecule has 1 aromatic rings. The van der Waals surface area contributed by atoms with Crippen molar-refractivity contribution in [1.82, 2.24) is 10.3 Å². The summed E-state index contributed by atoms with van der Waals surface area (Å²) in [6.45, 7) is 6.56. The second kappa shape index (κ2) is 3.74. The van der Waals surface area contributed by atoms with Crippen molar-refractivity contribution in [3.63, 3.8) is 0 Å². The van der Waals surface area contributed by atoms with Gasteiger partial charge in [0.05, 0.1) is 18.3 Å². The Bertz CT molecular complexity index is 378. The fourth-order valence-electron chi connectivity index (χ4n) is 2.08. The molecule has 1 aliphatic carbocycles. The minimum Gasteiger partial charge on any atom is -0.481 e.